The molecule has 0 bridgehead atoms. The minimum atomic E-state index is -3.57. The van der Waals surface area contributed by atoms with Crippen molar-refractivity contribution in [2.24, 2.45) is 0 Å². The third-order valence-corrected chi connectivity index (χ3v) is 4.79. The summed E-state index contributed by atoms with van der Waals surface area (Å²) in [6, 6.07) is 3.88. The Balaban J connectivity index is 2.22. The highest BCUT2D eigenvalue weighted by Gasteiger charge is 2.25. The second-order valence-corrected chi connectivity index (χ2v) is 6.36. The summed E-state index contributed by atoms with van der Waals surface area (Å²) in [4.78, 5) is 0. The van der Waals surface area contributed by atoms with Crippen molar-refractivity contribution in [1.82, 2.24) is 4.31 Å². The minimum absolute atomic E-state index is 0.219. The number of halogens is 2. The normalized spacial score (nSPS) is 17.3. The Morgan fingerprint density at radius 1 is 1.29 bits per heavy atom. The molecule has 17 heavy (non-hydrogen) atoms. The quantitative estimate of drug-likeness (QED) is 0.928. The fourth-order valence-electron chi connectivity index (χ4n) is 1.71. The van der Waals surface area contributed by atoms with Crippen LogP contribution < -0.4 is 4.72 Å². The van der Waals surface area contributed by atoms with E-state index in [1.165, 1.54) is 16.4 Å². The molecule has 2 rings (SSSR count). The predicted molar refractivity (Wildman–Crippen MR) is 67.4 cm³/mol. The van der Waals surface area contributed by atoms with Crippen molar-refractivity contribution in [2.75, 3.05) is 17.8 Å². The first-order valence-electron chi connectivity index (χ1n) is 5.22. The first-order valence-corrected chi connectivity index (χ1v) is 7.45. The van der Waals surface area contributed by atoms with Crippen LogP contribution in [0.1, 0.15) is 12.8 Å². The number of nitrogens with one attached hydrogen (secondary N) is 1. The molecule has 1 N–H and O–H groups in total. The smallest absolute Gasteiger partial charge is 0.270 e. The van der Waals surface area contributed by atoms with Gasteiger partial charge >= 0.3 is 10.2 Å². The lowest BCUT2D eigenvalue weighted by atomic mass is 10.3. The van der Waals surface area contributed by atoms with Crippen LogP contribution >= 0.6 is 15.9 Å². The van der Waals surface area contributed by atoms with Crippen LogP contribution in [0.3, 0.4) is 0 Å². The van der Waals surface area contributed by atoms with Crippen LogP contribution in [0.2, 0.25) is 0 Å². The molecule has 1 aliphatic rings. The van der Waals surface area contributed by atoms with Crippen LogP contribution in [0.4, 0.5) is 10.1 Å². The van der Waals surface area contributed by atoms with Gasteiger partial charge in [-0.2, -0.15) is 12.7 Å². The Kier molecular flexibility index (Phi) is 3.70. The van der Waals surface area contributed by atoms with Gasteiger partial charge in [-0.05, 0) is 47.0 Å². The number of benzene rings is 1. The molecule has 0 saturated carbocycles. The second kappa shape index (κ2) is 4.91. The fraction of sp³-hybridized carbons (Fsp3) is 0.400. The van der Waals surface area contributed by atoms with E-state index in [2.05, 4.69) is 20.7 Å². The van der Waals surface area contributed by atoms with Crippen molar-refractivity contribution in [2.45, 2.75) is 12.8 Å². The highest BCUT2D eigenvalue weighted by molar-refractivity contribution is 9.10. The van der Waals surface area contributed by atoms with Crippen LogP contribution in [0, 0.1) is 5.82 Å². The van der Waals surface area contributed by atoms with Crippen molar-refractivity contribution >= 4 is 31.8 Å². The van der Waals surface area contributed by atoms with E-state index in [1.807, 2.05) is 0 Å². The van der Waals surface area contributed by atoms with Gasteiger partial charge in [0, 0.05) is 17.6 Å². The number of anilines is 1. The summed E-state index contributed by atoms with van der Waals surface area (Å²) in [5, 5.41) is 0. The molecule has 7 heteroatoms. The molecule has 1 aliphatic heterocycles. The van der Waals surface area contributed by atoms with E-state index in [1.54, 1.807) is 0 Å². The molecule has 0 aromatic heterocycles. The van der Waals surface area contributed by atoms with Crippen molar-refractivity contribution in [3.63, 3.8) is 0 Å². The van der Waals surface area contributed by atoms with Crippen LogP contribution in [0.5, 0.6) is 0 Å². The summed E-state index contributed by atoms with van der Waals surface area (Å²) in [5.74, 6) is -0.479. The summed E-state index contributed by atoms with van der Waals surface area (Å²) < 4.78 is 41.2. The number of nitrogens with zero attached hydrogens (tertiary/aromatic N) is 1. The van der Waals surface area contributed by atoms with E-state index in [0.29, 0.717) is 17.6 Å². The fourth-order valence-corrected chi connectivity index (χ4v) is 3.50. The molecule has 1 aromatic carbocycles. The number of rotatable bonds is 3. The summed E-state index contributed by atoms with van der Waals surface area (Å²) in [5.41, 5.74) is 0.219. The first kappa shape index (κ1) is 12.8. The predicted octanol–water partition coefficient (Wildman–Crippen LogP) is 2.34. The maximum Gasteiger partial charge on any atom is 0.301 e. The number of hydrogen-bond acceptors (Lipinski definition) is 2. The van der Waals surface area contributed by atoms with Crippen molar-refractivity contribution in [1.29, 1.82) is 0 Å². The highest BCUT2D eigenvalue weighted by atomic mass is 79.9. The molecule has 1 fully saturated rings. The topological polar surface area (TPSA) is 49.4 Å². The van der Waals surface area contributed by atoms with Gasteiger partial charge in [-0.15, -0.1) is 0 Å². The molecular weight excluding hydrogens is 311 g/mol. The molecule has 1 aromatic rings. The lowest BCUT2D eigenvalue weighted by Gasteiger charge is -2.17. The molecule has 0 atom stereocenters. The van der Waals surface area contributed by atoms with Gasteiger partial charge in [0.25, 0.3) is 0 Å². The average molecular weight is 323 g/mol. The van der Waals surface area contributed by atoms with E-state index in [-0.39, 0.29) is 5.69 Å². The monoisotopic (exact) mass is 322 g/mol. The third kappa shape index (κ3) is 2.97. The van der Waals surface area contributed by atoms with E-state index < -0.39 is 16.0 Å². The maximum absolute atomic E-state index is 13.0. The zero-order valence-electron chi connectivity index (χ0n) is 8.99. The summed E-state index contributed by atoms with van der Waals surface area (Å²) in [6.07, 6.45) is 1.73. The van der Waals surface area contributed by atoms with Gasteiger partial charge in [0.15, 0.2) is 0 Å². The minimum Gasteiger partial charge on any atom is -0.270 e. The Bertz CT molecular complexity index is 515. The highest BCUT2D eigenvalue weighted by Crippen LogP contribution is 2.25. The third-order valence-electron chi connectivity index (χ3n) is 2.57. The van der Waals surface area contributed by atoms with Crippen LogP contribution in [-0.4, -0.2) is 25.8 Å². The summed E-state index contributed by atoms with van der Waals surface area (Å²) in [6.45, 7) is 1.03. The summed E-state index contributed by atoms with van der Waals surface area (Å²) in [7, 11) is -3.57. The van der Waals surface area contributed by atoms with Gasteiger partial charge in [0.05, 0.1) is 5.69 Å². The van der Waals surface area contributed by atoms with Gasteiger partial charge in [-0.1, -0.05) is 0 Å². The SMILES string of the molecule is O=S(=O)(Nc1cc(F)ccc1Br)N1CCCC1. The Morgan fingerprint density at radius 3 is 2.59 bits per heavy atom. The van der Waals surface area contributed by atoms with E-state index in [0.717, 1.165) is 18.9 Å². The van der Waals surface area contributed by atoms with Crippen LogP contribution in [0.25, 0.3) is 0 Å². The average Bonchev–Trinajstić information content (AvgIpc) is 2.77. The standard InChI is InChI=1S/C10H12BrFN2O2S/c11-9-4-3-8(12)7-10(9)13-17(15,16)14-5-1-2-6-14/h3-4,7,13H,1-2,5-6H2. The molecule has 1 heterocycles. The van der Waals surface area contributed by atoms with Crippen molar-refractivity contribution in [3.05, 3.63) is 28.5 Å². The van der Waals surface area contributed by atoms with Gasteiger partial charge < -0.3 is 0 Å². The molecule has 0 spiro atoms. The molecule has 4 nitrogen and oxygen atoms in total. The van der Waals surface area contributed by atoms with E-state index >= 15 is 0 Å². The van der Waals surface area contributed by atoms with E-state index in [9.17, 15) is 12.8 Å². The second-order valence-electron chi connectivity index (χ2n) is 3.84. The lowest BCUT2D eigenvalue weighted by molar-refractivity contribution is 0.482. The molecular formula is C10H12BrFN2O2S. The largest absolute Gasteiger partial charge is 0.301 e. The Labute approximate surface area is 108 Å². The Morgan fingerprint density at radius 2 is 1.94 bits per heavy atom. The van der Waals surface area contributed by atoms with Crippen LogP contribution in [-0.2, 0) is 10.2 Å². The van der Waals surface area contributed by atoms with Gasteiger partial charge in [-0.3, -0.25) is 4.72 Å². The summed E-state index contributed by atoms with van der Waals surface area (Å²) >= 11 is 3.18. The van der Waals surface area contributed by atoms with Crippen molar-refractivity contribution in [3.8, 4) is 0 Å². The molecule has 1 saturated heterocycles. The van der Waals surface area contributed by atoms with Crippen LogP contribution in [0.15, 0.2) is 22.7 Å². The maximum atomic E-state index is 13.0. The molecule has 0 radical (unpaired) electrons. The van der Waals surface area contributed by atoms with E-state index in [4.69, 9.17) is 0 Å². The molecule has 94 valence electrons. The zero-order chi connectivity index (χ0) is 12.5. The lowest BCUT2D eigenvalue weighted by Crippen LogP contribution is -2.33. The first-order chi connectivity index (χ1) is 7.99. The molecule has 0 unspecified atom stereocenters. The number of hydrogen-bond donors (Lipinski definition) is 1. The van der Waals surface area contributed by atoms with Gasteiger partial charge in [-0.25, -0.2) is 4.39 Å². The molecule has 0 amide bonds. The van der Waals surface area contributed by atoms with Crippen molar-refractivity contribution < 1.29 is 12.8 Å². The van der Waals surface area contributed by atoms with Gasteiger partial charge in [0.2, 0.25) is 0 Å². The molecule has 0 aliphatic carbocycles. The Hall–Kier alpha value is -0.660. The zero-order valence-corrected chi connectivity index (χ0v) is 11.4. The van der Waals surface area contributed by atoms with Gasteiger partial charge in [0.1, 0.15) is 5.82 Å².